The molecule has 4 rings (SSSR count). The van der Waals surface area contributed by atoms with E-state index in [1.807, 2.05) is 30.3 Å². The van der Waals surface area contributed by atoms with Gasteiger partial charge in [-0.2, -0.15) is 4.98 Å². The van der Waals surface area contributed by atoms with E-state index in [9.17, 15) is 0 Å². The van der Waals surface area contributed by atoms with Crippen LogP contribution in [0.1, 0.15) is 5.56 Å². The molecule has 0 bridgehead atoms. The number of hydrogen-bond acceptors (Lipinski definition) is 6. The molecule has 0 unspecified atom stereocenters. The molecule has 1 saturated heterocycles. The summed E-state index contributed by atoms with van der Waals surface area (Å²) >= 11 is 0. The number of fused-ring (bicyclic) bond motifs is 1. The number of nitrogens with one attached hydrogen (secondary N) is 1. The van der Waals surface area contributed by atoms with Gasteiger partial charge in [0, 0.05) is 25.8 Å². The first-order chi connectivity index (χ1) is 11.8. The van der Waals surface area contributed by atoms with Crippen molar-refractivity contribution < 1.29 is 9.15 Å². The first kappa shape index (κ1) is 17.5. The van der Waals surface area contributed by atoms with Crippen LogP contribution < -0.4 is 15.0 Å². The van der Waals surface area contributed by atoms with Gasteiger partial charge in [0.15, 0.2) is 5.58 Å². The average Bonchev–Trinajstić information content (AvgIpc) is 3.04. The normalized spacial score (nSPS) is 17.3. The lowest BCUT2D eigenvalue weighted by Crippen LogP contribution is -2.54. The zero-order valence-electron chi connectivity index (χ0n) is 14.0. The number of anilines is 1. The Balaban J connectivity index is 0.00000182. The molecule has 25 heavy (non-hydrogen) atoms. The SMILES string of the molecule is Cc1ccc2oc(N3CCNC[C@@H]3COc3cccnc3)nc2c1.Cl. The monoisotopic (exact) mass is 360 g/mol. The molecule has 132 valence electrons. The standard InChI is InChI=1S/C18H20N4O2.ClH/c1-13-4-5-17-16(9-13)21-18(24-17)22-8-7-20-10-14(22)12-23-15-3-2-6-19-11-15;/h2-6,9,11,14,20H,7-8,10,12H2,1H3;1H/t14-;/m1./s1. The number of rotatable bonds is 4. The van der Waals surface area contributed by atoms with Crippen molar-refractivity contribution in [2.45, 2.75) is 13.0 Å². The minimum atomic E-state index is 0. The molecule has 1 aliphatic rings. The summed E-state index contributed by atoms with van der Waals surface area (Å²) in [6, 6.07) is 10.7. The number of ether oxygens (including phenoxy) is 1. The molecule has 0 spiro atoms. The summed E-state index contributed by atoms with van der Waals surface area (Å²) in [5.41, 5.74) is 2.90. The summed E-state index contributed by atoms with van der Waals surface area (Å²) < 4.78 is 11.8. The van der Waals surface area contributed by atoms with E-state index in [-0.39, 0.29) is 18.4 Å². The third-order valence-corrected chi connectivity index (χ3v) is 4.20. The highest BCUT2D eigenvalue weighted by Crippen LogP contribution is 2.25. The van der Waals surface area contributed by atoms with E-state index >= 15 is 0 Å². The highest BCUT2D eigenvalue weighted by Gasteiger charge is 2.27. The van der Waals surface area contributed by atoms with Gasteiger partial charge in [-0.3, -0.25) is 4.98 Å². The summed E-state index contributed by atoms with van der Waals surface area (Å²) in [7, 11) is 0. The van der Waals surface area contributed by atoms with Crippen molar-refractivity contribution >= 4 is 29.5 Å². The van der Waals surface area contributed by atoms with E-state index < -0.39 is 0 Å². The van der Waals surface area contributed by atoms with Crippen LogP contribution in [0.5, 0.6) is 5.75 Å². The zero-order valence-corrected chi connectivity index (χ0v) is 14.8. The van der Waals surface area contributed by atoms with Gasteiger partial charge in [0.05, 0.1) is 12.2 Å². The lowest BCUT2D eigenvalue weighted by atomic mass is 10.2. The fraction of sp³-hybridized carbons (Fsp3) is 0.333. The van der Waals surface area contributed by atoms with Gasteiger partial charge < -0.3 is 19.4 Å². The number of pyridine rings is 1. The van der Waals surface area contributed by atoms with Crippen LogP contribution in [0.4, 0.5) is 6.01 Å². The Morgan fingerprint density at radius 3 is 3.12 bits per heavy atom. The van der Waals surface area contributed by atoms with Crippen LogP contribution >= 0.6 is 12.4 Å². The molecule has 1 N–H and O–H groups in total. The summed E-state index contributed by atoms with van der Waals surface area (Å²) in [6.45, 7) is 5.19. The van der Waals surface area contributed by atoms with Crippen molar-refractivity contribution in [2.24, 2.45) is 0 Å². The Hall–Kier alpha value is -2.31. The lowest BCUT2D eigenvalue weighted by molar-refractivity contribution is 0.261. The number of aromatic nitrogens is 2. The molecule has 1 fully saturated rings. The summed E-state index contributed by atoms with van der Waals surface area (Å²) in [5, 5.41) is 3.41. The fourth-order valence-electron chi connectivity index (χ4n) is 2.93. The average molecular weight is 361 g/mol. The van der Waals surface area contributed by atoms with Crippen molar-refractivity contribution in [1.29, 1.82) is 0 Å². The first-order valence-electron chi connectivity index (χ1n) is 8.17. The van der Waals surface area contributed by atoms with Crippen LogP contribution in [0, 0.1) is 6.92 Å². The molecule has 3 aromatic rings. The molecule has 0 aliphatic carbocycles. The first-order valence-corrected chi connectivity index (χ1v) is 8.17. The van der Waals surface area contributed by atoms with Gasteiger partial charge in [0.25, 0.3) is 6.01 Å². The van der Waals surface area contributed by atoms with Crippen LogP contribution in [0.2, 0.25) is 0 Å². The van der Waals surface area contributed by atoms with Crippen molar-refractivity contribution in [3.05, 3.63) is 48.3 Å². The van der Waals surface area contributed by atoms with Gasteiger partial charge >= 0.3 is 0 Å². The topological polar surface area (TPSA) is 63.4 Å². The molecule has 2 aromatic heterocycles. The number of oxazole rings is 1. The van der Waals surface area contributed by atoms with Crippen molar-refractivity contribution in [2.75, 3.05) is 31.1 Å². The maximum absolute atomic E-state index is 5.96. The van der Waals surface area contributed by atoms with Crippen LogP contribution in [-0.2, 0) is 0 Å². The number of hydrogen-bond donors (Lipinski definition) is 1. The number of nitrogens with zero attached hydrogens (tertiary/aromatic N) is 3. The van der Waals surface area contributed by atoms with Gasteiger partial charge in [-0.05, 0) is 36.8 Å². The molecule has 7 heteroatoms. The minimum absolute atomic E-state index is 0. The largest absolute Gasteiger partial charge is 0.490 e. The van der Waals surface area contributed by atoms with Crippen molar-refractivity contribution in [3.63, 3.8) is 0 Å². The Bertz CT molecular complexity index is 824. The van der Waals surface area contributed by atoms with Gasteiger partial charge in [-0.25, -0.2) is 0 Å². The Morgan fingerprint density at radius 1 is 1.36 bits per heavy atom. The number of piperazine rings is 1. The van der Waals surface area contributed by atoms with Gasteiger partial charge in [0.2, 0.25) is 0 Å². The Labute approximate surface area is 152 Å². The molecule has 0 saturated carbocycles. The fourth-order valence-corrected chi connectivity index (χ4v) is 2.93. The third-order valence-electron chi connectivity index (χ3n) is 4.20. The number of aryl methyl sites for hydroxylation is 1. The maximum Gasteiger partial charge on any atom is 0.298 e. The summed E-state index contributed by atoms with van der Waals surface area (Å²) in [5.74, 6) is 0.774. The molecule has 1 atom stereocenters. The quantitative estimate of drug-likeness (QED) is 0.772. The predicted molar refractivity (Wildman–Crippen MR) is 99.7 cm³/mol. The van der Waals surface area contributed by atoms with E-state index in [1.54, 1.807) is 12.4 Å². The molecular formula is C18H21ClN4O2. The molecular weight excluding hydrogens is 340 g/mol. The highest BCUT2D eigenvalue weighted by molar-refractivity contribution is 5.85. The van der Waals surface area contributed by atoms with E-state index in [0.29, 0.717) is 12.6 Å². The number of halogens is 1. The van der Waals surface area contributed by atoms with E-state index in [2.05, 4.69) is 27.1 Å². The smallest absolute Gasteiger partial charge is 0.298 e. The van der Waals surface area contributed by atoms with E-state index in [0.717, 1.165) is 36.5 Å². The number of benzene rings is 1. The molecule has 3 heterocycles. The molecule has 1 aliphatic heterocycles. The Kier molecular flexibility index (Phi) is 5.40. The van der Waals surface area contributed by atoms with Crippen LogP contribution in [-0.4, -0.2) is 42.3 Å². The van der Waals surface area contributed by atoms with Crippen LogP contribution in [0.3, 0.4) is 0 Å². The lowest BCUT2D eigenvalue weighted by Gasteiger charge is -2.34. The second kappa shape index (κ2) is 7.72. The summed E-state index contributed by atoms with van der Waals surface area (Å²) in [6.07, 6.45) is 3.46. The second-order valence-electron chi connectivity index (χ2n) is 6.02. The van der Waals surface area contributed by atoms with Gasteiger partial charge in [0.1, 0.15) is 17.9 Å². The Morgan fingerprint density at radius 2 is 2.28 bits per heavy atom. The molecule has 1 aromatic carbocycles. The minimum Gasteiger partial charge on any atom is -0.490 e. The van der Waals surface area contributed by atoms with Crippen molar-refractivity contribution in [3.8, 4) is 5.75 Å². The van der Waals surface area contributed by atoms with Gasteiger partial charge in [-0.1, -0.05) is 6.07 Å². The summed E-state index contributed by atoms with van der Waals surface area (Å²) in [4.78, 5) is 10.9. The highest BCUT2D eigenvalue weighted by atomic mass is 35.5. The molecule has 0 radical (unpaired) electrons. The van der Waals surface area contributed by atoms with E-state index in [1.165, 1.54) is 5.56 Å². The molecule has 0 amide bonds. The second-order valence-corrected chi connectivity index (χ2v) is 6.02. The predicted octanol–water partition coefficient (Wildman–Crippen LogP) is 2.81. The van der Waals surface area contributed by atoms with E-state index in [4.69, 9.17) is 9.15 Å². The zero-order chi connectivity index (χ0) is 16.4. The molecule has 6 nitrogen and oxygen atoms in total. The van der Waals surface area contributed by atoms with Crippen LogP contribution in [0.25, 0.3) is 11.1 Å². The van der Waals surface area contributed by atoms with Gasteiger partial charge in [-0.15, -0.1) is 12.4 Å². The van der Waals surface area contributed by atoms with Crippen molar-refractivity contribution in [1.82, 2.24) is 15.3 Å². The maximum atomic E-state index is 5.96. The van der Waals surface area contributed by atoms with Crippen LogP contribution in [0.15, 0.2) is 47.1 Å². The third kappa shape index (κ3) is 3.86.